The summed E-state index contributed by atoms with van der Waals surface area (Å²) >= 11 is 6.16. The Kier molecular flexibility index (Phi) is 5.50. The molecule has 3 aromatic rings. The molecule has 2 atom stereocenters. The van der Waals surface area contributed by atoms with Gasteiger partial charge in [-0.05, 0) is 30.7 Å². The van der Waals surface area contributed by atoms with Crippen molar-refractivity contribution in [2.24, 2.45) is 0 Å². The zero-order chi connectivity index (χ0) is 21.3. The Morgan fingerprint density at radius 2 is 1.87 bits per heavy atom. The molecule has 2 heterocycles. The van der Waals surface area contributed by atoms with Crippen molar-refractivity contribution in [3.05, 3.63) is 92.5 Å². The minimum atomic E-state index is -0.968. The molecule has 4 rings (SSSR count). The number of esters is 1. The first kappa shape index (κ1) is 20.0. The van der Waals surface area contributed by atoms with E-state index in [1.807, 2.05) is 18.2 Å². The van der Waals surface area contributed by atoms with Gasteiger partial charge >= 0.3 is 11.6 Å². The molecule has 1 aromatic heterocycles. The molecule has 0 fully saturated rings. The number of ether oxygens (including phenoxy) is 3. The van der Waals surface area contributed by atoms with Gasteiger partial charge in [-0.3, -0.25) is 0 Å². The van der Waals surface area contributed by atoms with Gasteiger partial charge in [0.15, 0.2) is 0 Å². The molecule has 0 bridgehead atoms. The van der Waals surface area contributed by atoms with Crippen molar-refractivity contribution in [1.82, 2.24) is 0 Å². The number of hydrogen-bond acceptors (Lipinski definition) is 6. The quantitative estimate of drug-likeness (QED) is 0.568. The molecule has 0 spiro atoms. The SMILES string of the molecule is COC(=O)C1Oc2cc(C)oc(=O)c2C1c1ccc(OCc2ccccc2Cl)cc1. The summed E-state index contributed by atoms with van der Waals surface area (Å²) in [6.07, 6.45) is -0.968. The summed E-state index contributed by atoms with van der Waals surface area (Å²) in [6.45, 7) is 1.97. The van der Waals surface area contributed by atoms with E-state index < -0.39 is 23.6 Å². The van der Waals surface area contributed by atoms with Crippen LogP contribution in [0.4, 0.5) is 0 Å². The fourth-order valence-electron chi connectivity index (χ4n) is 3.52. The van der Waals surface area contributed by atoms with Crippen LogP contribution in [0.3, 0.4) is 0 Å². The second-order valence-corrected chi connectivity index (χ2v) is 7.32. The normalized spacial score (nSPS) is 17.2. The summed E-state index contributed by atoms with van der Waals surface area (Å²) in [4.78, 5) is 24.8. The van der Waals surface area contributed by atoms with Crippen LogP contribution in [0.5, 0.6) is 11.5 Å². The van der Waals surface area contributed by atoms with Crippen LogP contribution in [0, 0.1) is 6.92 Å². The highest BCUT2D eigenvalue weighted by molar-refractivity contribution is 6.31. The van der Waals surface area contributed by atoms with Crippen molar-refractivity contribution in [2.75, 3.05) is 7.11 Å². The maximum Gasteiger partial charge on any atom is 0.348 e. The molecule has 2 aromatic carbocycles. The summed E-state index contributed by atoms with van der Waals surface area (Å²) in [7, 11) is 1.28. The zero-order valence-corrected chi connectivity index (χ0v) is 17.1. The van der Waals surface area contributed by atoms with Crippen LogP contribution in [0.25, 0.3) is 0 Å². The zero-order valence-electron chi connectivity index (χ0n) is 16.4. The van der Waals surface area contributed by atoms with E-state index in [4.69, 9.17) is 30.2 Å². The van der Waals surface area contributed by atoms with Gasteiger partial charge in [0.25, 0.3) is 0 Å². The van der Waals surface area contributed by atoms with Gasteiger partial charge in [0.05, 0.1) is 18.6 Å². The Labute approximate surface area is 178 Å². The number of aryl methyl sites for hydroxylation is 1. The fourth-order valence-corrected chi connectivity index (χ4v) is 3.71. The average Bonchev–Trinajstić information content (AvgIpc) is 3.12. The van der Waals surface area contributed by atoms with Gasteiger partial charge in [0, 0.05) is 16.7 Å². The lowest BCUT2D eigenvalue weighted by Gasteiger charge is -2.17. The largest absolute Gasteiger partial charge is 0.489 e. The number of carbonyl (C=O) groups is 1. The van der Waals surface area contributed by atoms with Gasteiger partial charge in [-0.15, -0.1) is 0 Å². The van der Waals surface area contributed by atoms with E-state index in [9.17, 15) is 9.59 Å². The van der Waals surface area contributed by atoms with Crippen LogP contribution in [0.1, 0.15) is 28.4 Å². The molecule has 0 N–H and O–H groups in total. The molecule has 1 aliphatic rings. The minimum absolute atomic E-state index is 0.306. The van der Waals surface area contributed by atoms with Crippen molar-refractivity contribution < 1.29 is 23.4 Å². The number of benzene rings is 2. The fraction of sp³-hybridized carbons (Fsp3) is 0.217. The molecule has 154 valence electrons. The summed E-state index contributed by atoms with van der Waals surface area (Å²) < 4.78 is 21.7. The van der Waals surface area contributed by atoms with E-state index in [-0.39, 0.29) is 0 Å². The topological polar surface area (TPSA) is 75.0 Å². The third-order valence-corrected chi connectivity index (χ3v) is 5.33. The number of fused-ring (bicyclic) bond motifs is 1. The number of halogens is 1. The van der Waals surface area contributed by atoms with Crippen LogP contribution in [-0.4, -0.2) is 19.2 Å². The minimum Gasteiger partial charge on any atom is -0.489 e. The lowest BCUT2D eigenvalue weighted by atomic mass is 9.89. The van der Waals surface area contributed by atoms with E-state index in [0.29, 0.717) is 40.0 Å². The Balaban J connectivity index is 1.61. The Morgan fingerprint density at radius 1 is 1.13 bits per heavy atom. The van der Waals surface area contributed by atoms with Crippen molar-refractivity contribution in [1.29, 1.82) is 0 Å². The molecule has 0 saturated heterocycles. The molecule has 6 nitrogen and oxygen atoms in total. The van der Waals surface area contributed by atoms with Gasteiger partial charge in [0.2, 0.25) is 6.10 Å². The second-order valence-electron chi connectivity index (χ2n) is 6.91. The van der Waals surface area contributed by atoms with Gasteiger partial charge in [-0.25, -0.2) is 9.59 Å². The van der Waals surface area contributed by atoms with E-state index >= 15 is 0 Å². The van der Waals surface area contributed by atoms with Crippen LogP contribution < -0.4 is 15.1 Å². The third kappa shape index (κ3) is 3.78. The highest BCUT2D eigenvalue weighted by Gasteiger charge is 2.44. The monoisotopic (exact) mass is 426 g/mol. The average molecular weight is 427 g/mol. The molecule has 2 unspecified atom stereocenters. The first-order valence-corrected chi connectivity index (χ1v) is 9.71. The molecular formula is C23H19ClO6. The highest BCUT2D eigenvalue weighted by Crippen LogP contribution is 2.41. The van der Waals surface area contributed by atoms with E-state index in [0.717, 1.165) is 5.56 Å². The summed E-state index contributed by atoms with van der Waals surface area (Å²) in [6, 6.07) is 16.2. The lowest BCUT2D eigenvalue weighted by molar-refractivity contribution is -0.148. The van der Waals surface area contributed by atoms with E-state index in [1.165, 1.54) is 7.11 Å². The second kappa shape index (κ2) is 8.24. The summed E-state index contributed by atoms with van der Waals surface area (Å²) in [5.41, 5.74) is 1.37. The number of hydrogen-bond donors (Lipinski definition) is 0. The molecule has 0 radical (unpaired) electrons. The Hall–Kier alpha value is -3.25. The number of rotatable bonds is 5. The van der Waals surface area contributed by atoms with Gasteiger partial charge < -0.3 is 18.6 Å². The maximum atomic E-state index is 12.5. The van der Waals surface area contributed by atoms with Gasteiger partial charge in [-0.2, -0.15) is 0 Å². The number of carbonyl (C=O) groups excluding carboxylic acids is 1. The predicted molar refractivity (Wildman–Crippen MR) is 110 cm³/mol. The highest BCUT2D eigenvalue weighted by atomic mass is 35.5. The smallest absolute Gasteiger partial charge is 0.348 e. The molecule has 0 saturated carbocycles. The van der Waals surface area contributed by atoms with Crippen LogP contribution in [0.15, 0.2) is 63.8 Å². The Bertz CT molecular complexity index is 1140. The summed E-state index contributed by atoms with van der Waals surface area (Å²) in [5.74, 6) is 0.173. The third-order valence-electron chi connectivity index (χ3n) is 4.97. The molecule has 30 heavy (non-hydrogen) atoms. The first-order chi connectivity index (χ1) is 14.5. The molecule has 0 amide bonds. The molecule has 0 aliphatic carbocycles. The standard InChI is InChI=1S/C23H19ClO6/c1-13-11-18-20(22(25)29-13)19(21(30-18)23(26)27-2)14-7-9-16(10-8-14)28-12-15-5-3-4-6-17(15)24/h3-11,19,21H,12H2,1-2H3. The van der Waals surface area contributed by atoms with E-state index in [1.54, 1.807) is 43.3 Å². The maximum absolute atomic E-state index is 12.5. The van der Waals surface area contributed by atoms with Crippen LogP contribution in [0.2, 0.25) is 5.02 Å². The van der Waals surface area contributed by atoms with E-state index in [2.05, 4.69) is 0 Å². The first-order valence-electron chi connectivity index (χ1n) is 9.33. The molecule has 1 aliphatic heterocycles. The van der Waals surface area contributed by atoms with Crippen molar-refractivity contribution >= 4 is 17.6 Å². The predicted octanol–water partition coefficient (Wildman–Crippen LogP) is 4.25. The van der Waals surface area contributed by atoms with Crippen molar-refractivity contribution in [3.63, 3.8) is 0 Å². The number of methoxy groups -OCH3 is 1. The van der Waals surface area contributed by atoms with Crippen molar-refractivity contribution in [3.8, 4) is 11.5 Å². The molecular weight excluding hydrogens is 408 g/mol. The van der Waals surface area contributed by atoms with Crippen LogP contribution >= 0.6 is 11.6 Å². The Morgan fingerprint density at radius 3 is 2.57 bits per heavy atom. The van der Waals surface area contributed by atoms with Gasteiger partial charge in [0.1, 0.15) is 23.9 Å². The van der Waals surface area contributed by atoms with Gasteiger partial charge in [-0.1, -0.05) is 41.9 Å². The molecule has 7 heteroatoms. The van der Waals surface area contributed by atoms with Crippen molar-refractivity contribution in [2.45, 2.75) is 25.6 Å². The van der Waals surface area contributed by atoms with Crippen LogP contribution in [-0.2, 0) is 16.1 Å². The lowest BCUT2D eigenvalue weighted by Crippen LogP contribution is -2.31. The summed E-state index contributed by atoms with van der Waals surface area (Å²) in [5, 5.41) is 0.636.